The van der Waals surface area contributed by atoms with Gasteiger partial charge in [0.2, 0.25) is 0 Å². The van der Waals surface area contributed by atoms with Crippen LogP contribution in [0.2, 0.25) is 0 Å². The third kappa shape index (κ3) is 2.41. The lowest BCUT2D eigenvalue weighted by Crippen LogP contribution is -2.21. The molecular weight excluding hydrogens is 210 g/mol. The molecule has 0 bridgehead atoms. The number of nitrogens with zero attached hydrogens (tertiary/aromatic N) is 1. The van der Waals surface area contributed by atoms with E-state index in [0.29, 0.717) is 18.1 Å². The van der Waals surface area contributed by atoms with Crippen LogP contribution in [0.5, 0.6) is 0 Å². The SMILES string of the molecule is Cc1oc(CC2CCCCO2)nc1C(=O)O. The van der Waals surface area contributed by atoms with E-state index in [1.54, 1.807) is 6.92 Å². The Bertz CT molecular complexity index is 379. The number of aryl methyl sites for hydroxylation is 1. The minimum Gasteiger partial charge on any atom is -0.476 e. The van der Waals surface area contributed by atoms with Crippen molar-refractivity contribution < 1.29 is 19.1 Å². The van der Waals surface area contributed by atoms with Gasteiger partial charge >= 0.3 is 5.97 Å². The number of hydrogen-bond donors (Lipinski definition) is 1. The van der Waals surface area contributed by atoms with Crippen LogP contribution in [0.4, 0.5) is 0 Å². The summed E-state index contributed by atoms with van der Waals surface area (Å²) in [6.45, 7) is 2.39. The van der Waals surface area contributed by atoms with Crippen molar-refractivity contribution in [3.63, 3.8) is 0 Å². The molecule has 5 heteroatoms. The predicted molar refractivity (Wildman–Crippen MR) is 55.5 cm³/mol. The third-order valence-electron chi connectivity index (χ3n) is 2.72. The number of ether oxygens (including phenoxy) is 1. The predicted octanol–water partition coefficient (Wildman–Crippen LogP) is 1.79. The van der Waals surface area contributed by atoms with Crippen molar-refractivity contribution in [1.29, 1.82) is 0 Å². The summed E-state index contributed by atoms with van der Waals surface area (Å²) < 4.78 is 10.9. The molecule has 0 saturated carbocycles. The molecule has 2 heterocycles. The van der Waals surface area contributed by atoms with Gasteiger partial charge in [0.1, 0.15) is 5.76 Å². The van der Waals surface area contributed by atoms with Crippen LogP contribution in [-0.4, -0.2) is 28.8 Å². The van der Waals surface area contributed by atoms with Gasteiger partial charge < -0.3 is 14.3 Å². The Morgan fingerprint density at radius 2 is 2.38 bits per heavy atom. The first kappa shape index (κ1) is 11.1. The maximum Gasteiger partial charge on any atom is 0.358 e. The van der Waals surface area contributed by atoms with Gasteiger partial charge in [-0.3, -0.25) is 0 Å². The van der Waals surface area contributed by atoms with Gasteiger partial charge in [-0.25, -0.2) is 9.78 Å². The van der Waals surface area contributed by atoms with Crippen molar-refractivity contribution in [3.05, 3.63) is 17.3 Å². The van der Waals surface area contributed by atoms with Gasteiger partial charge in [0.15, 0.2) is 11.6 Å². The van der Waals surface area contributed by atoms with Crippen LogP contribution in [0.3, 0.4) is 0 Å². The summed E-state index contributed by atoms with van der Waals surface area (Å²) in [5.74, 6) is -0.225. The maximum absolute atomic E-state index is 10.8. The number of carbonyl (C=O) groups is 1. The molecule has 1 fully saturated rings. The summed E-state index contributed by atoms with van der Waals surface area (Å²) in [5.41, 5.74) is 0.00538. The quantitative estimate of drug-likeness (QED) is 0.849. The lowest BCUT2D eigenvalue weighted by Gasteiger charge is -2.20. The zero-order valence-electron chi connectivity index (χ0n) is 9.23. The molecule has 1 saturated heterocycles. The van der Waals surface area contributed by atoms with Crippen LogP contribution < -0.4 is 0 Å². The molecule has 1 unspecified atom stereocenters. The number of carboxylic acid groups (broad SMARTS) is 1. The summed E-state index contributed by atoms with van der Waals surface area (Å²) in [6.07, 6.45) is 3.92. The molecule has 2 rings (SSSR count). The van der Waals surface area contributed by atoms with E-state index in [9.17, 15) is 4.79 Å². The Hall–Kier alpha value is -1.36. The number of rotatable bonds is 3. The lowest BCUT2D eigenvalue weighted by molar-refractivity contribution is 0.0131. The van der Waals surface area contributed by atoms with Gasteiger partial charge in [0, 0.05) is 6.61 Å². The van der Waals surface area contributed by atoms with Crippen molar-refractivity contribution in [2.45, 2.75) is 38.7 Å². The number of oxazole rings is 1. The largest absolute Gasteiger partial charge is 0.476 e. The number of carboxylic acids is 1. The zero-order chi connectivity index (χ0) is 11.5. The first-order valence-electron chi connectivity index (χ1n) is 5.48. The molecule has 1 aromatic rings. The van der Waals surface area contributed by atoms with Crippen LogP contribution in [0.25, 0.3) is 0 Å². The van der Waals surface area contributed by atoms with Crippen molar-refractivity contribution in [3.8, 4) is 0 Å². The highest BCUT2D eigenvalue weighted by atomic mass is 16.5. The van der Waals surface area contributed by atoms with Crippen LogP contribution in [-0.2, 0) is 11.2 Å². The molecule has 1 N–H and O–H groups in total. The van der Waals surface area contributed by atoms with E-state index in [1.807, 2.05) is 0 Å². The average molecular weight is 225 g/mol. The van der Waals surface area contributed by atoms with E-state index in [-0.39, 0.29) is 11.8 Å². The number of aromatic nitrogens is 1. The van der Waals surface area contributed by atoms with E-state index >= 15 is 0 Å². The van der Waals surface area contributed by atoms with Gasteiger partial charge in [-0.1, -0.05) is 0 Å². The highest BCUT2D eigenvalue weighted by Gasteiger charge is 2.20. The normalized spacial score (nSPS) is 20.9. The number of aromatic carboxylic acids is 1. The standard InChI is InChI=1S/C11H15NO4/c1-7-10(11(13)14)12-9(16-7)6-8-4-2-3-5-15-8/h8H,2-6H2,1H3,(H,13,14). The summed E-state index contributed by atoms with van der Waals surface area (Å²) in [6, 6.07) is 0. The van der Waals surface area contributed by atoms with Gasteiger partial charge in [0.25, 0.3) is 0 Å². The molecule has 0 amide bonds. The van der Waals surface area contributed by atoms with Crippen molar-refractivity contribution in [1.82, 2.24) is 4.98 Å². The minimum absolute atomic E-state index is 0.00538. The highest BCUT2D eigenvalue weighted by molar-refractivity contribution is 5.86. The Labute approximate surface area is 93.4 Å². The molecule has 0 aliphatic carbocycles. The van der Waals surface area contributed by atoms with Crippen molar-refractivity contribution in [2.75, 3.05) is 6.61 Å². The molecule has 5 nitrogen and oxygen atoms in total. The second-order valence-corrected chi connectivity index (χ2v) is 4.01. The van der Waals surface area contributed by atoms with Crippen LogP contribution >= 0.6 is 0 Å². The third-order valence-corrected chi connectivity index (χ3v) is 2.72. The van der Waals surface area contributed by atoms with Crippen LogP contribution in [0.15, 0.2) is 4.42 Å². The first-order valence-corrected chi connectivity index (χ1v) is 5.48. The first-order chi connectivity index (χ1) is 7.66. The second kappa shape index (κ2) is 4.65. The van der Waals surface area contributed by atoms with Crippen LogP contribution in [0, 0.1) is 6.92 Å². The summed E-state index contributed by atoms with van der Waals surface area (Å²) >= 11 is 0. The second-order valence-electron chi connectivity index (χ2n) is 4.01. The fourth-order valence-corrected chi connectivity index (χ4v) is 1.90. The molecule has 1 aliphatic rings. The van der Waals surface area contributed by atoms with E-state index in [2.05, 4.69) is 4.98 Å². The molecular formula is C11H15NO4. The molecule has 1 aliphatic heterocycles. The van der Waals surface area contributed by atoms with Gasteiger partial charge in [-0.05, 0) is 26.2 Å². The van der Waals surface area contributed by atoms with Gasteiger partial charge in [-0.2, -0.15) is 0 Å². The zero-order valence-corrected chi connectivity index (χ0v) is 9.23. The van der Waals surface area contributed by atoms with E-state index < -0.39 is 5.97 Å². The molecule has 0 spiro atoms. The Kier molecular flexibility index (Phi) is 3.24. The molecule has 0 aromatic carbocycles. The Balaban J connectivity index is 2.03. The smallest absolute Gasteiger partial charge is 0.358 e. The molecule has 1 atom stereocenters. The molecule has 0 radical (unpaired) electrons. The summed E-state index contributed by atoms with van der Waals surface area (Å²) in [5, 5.41) is 8.83. The summed E-state index contributed by atoms with van der Waals surface area (Å²) in [7, 11) is 0. The average Bonchev–Trinajstić information content (AvgIpc) is 2.61. The van der Waals surface area contributed by atoms with Crippen molar-refractivity contribution in [2.24, 2.45) is 0 Å². The van der Waals surface area contributed by atoms with Crippen LogP contribution in [0.1, 0.15) is 41.4 Å². The van der Waals surface area contributed by atoms with Gasteiger partial charge in [-0.15, -0.1) is 0 Å². The topological polar surface area (TPSA) is 72.6 Å². The molecule has 88 valence electrons. The van der Waals surface area contributed by atoms with E-state index in [0.717, 1.165) is 25.9 Å². The van der Waals surface area contributed by atoms with Crippen molar-refractivity contribution >= 4 is 5.97 Å². The maximum atomic E-state index is 10.8. The van der Waals surface area contributed by atoms with E-state index in [1.165, 1.54) is 0 Å². The number of hydrogen-bond acceptors (Lipinski definition) is 4. The minimum atomic E-state index is -1.04. The Morgan fingerprint density at radius 1 is 1.56 bits per heavy atom. The molecule has 16 heavy (non-hydrogen) atoms. The fourth-order valence-electron chi connectivity index (χ4n) is 1.90. The lowest BCUT2D eigenvalue weighted by atomic mass is 10.1. The fraction of sp³-hybridized carbons (Fsp3) is 0.636. The molecule has 1 aromatic heterocycles. The highest BCUT2D eigenvalue weighted by Crippen LogP contribution is 2.18. The monoisotopic (exact) mass is 225 g/mol. The van der Waals surface area contributed by atoms with E-state index in [4.69, 9.17) is 14.3 Å². The summed E-state index contributed by atoms with van der Waals surface area (Å²) in [4.78, 5) is 14.7. The van der Waals surface area contributed by atoms with Gasteiger partial charge in [0.05, 0.1) is 12.5 Å². The Morgan fingerprint density at radius 3 is 2.94 bits per heavy atom.